The lowest BCUT2D eigenvalue weighted by Crippen LogP contribution is -2.37. The van der Waals surface area contributed by atoms with Gasteiger partial charge >= 0.3 is 0 Å². The van der Waals surface area contributed by atoms with E-state index in [-0.39, 0.29) is 17.5 Å². The third kappa shape index (κ3) is 5.02. The molecule has 0 amide bonds. The second-order valence-corrected chi connectivity index (χ2v) is 8.85. The average Bonchev–Trinajstić information content (AvgIpc) is 3.09. The minimum absolute atomic E-state index is 0.0292. The van der Waals surface area contributed by atoms with Crippen molar-refractivity contribution in [3.8, 4) is 6.07 Å². The summed E-state index contributed by atoms with van der Waals surface area (Å²) in [6.45, 7) is 5.44. The Hall–Kier alpha value is -2.50. The Balaban J connectivity index is 1.58. The van der Waals surface area contributed by atoms with Crippen LogP contribution in [0, 0.1) is 11.3 Å². The maximum Gasteiger partial charge on any atom is 0.216 e. The molecule has 1 aliphatic rings. The summed E-state index contributed by atoms with van der Waals surface area (Å²) in [6, 6.07) is 12.8. The summed E-state index contributed by atoms with van der Waals surface area (Å²) in [4.78, 5) is 1.97. The molecule has 142 valence electrons. The lowest BCUT2D eigenvalue weighted by molar-refractivity contribution is 0.560. The van der Waals surface area contributed by atoms with Crippen LogP contribution in [0.2, 0.25) is 0 Å². The fourth-order valence-corrected chi connectivity index (χ4v) is 4.55. The summed E-state index contributed by atoms with van der Waals surface area (Å²) < 4.78 is 27.8. The van der Waals surface area contributed by atoms with E-state index in [1.807, 2.05) is 35.2 Å². The van der Waals surface area contributed by atoms with E-state index in [4.69, 9.17) is 5.26 Å². The van der Waals surface area contributed by atoms with Crippen LogP contribution in [0.5, 0.6) is 0 Å². The van der Waals surface area contributed by atoms with Crippen molar-refractivity contribution in [2.24, 2.45) is 0 Å². The van der Waals surface area contributed by atoms with Crippen molar-refractivity contribution in [1.82, 2.24) is 14.9 Å². The van der Waals surface area contributed by atoms with Gasteiger partial charge in [-0.3, -0.25) is 0 Å². The number of sulfonamides is 1. The molecule has 1 N–H and O–H groups in total. The molecule has 1 saturated heterocycles. The number of nitriles is 1. The highest BCUT2D eigenvalue weighted by Gasteiger charge is 2.27. The third-order valence-corrected chi connectivity index (χ3v) is 6.03. The first-order chi connectivity index (χ1) is 12.9. The van der Waals surface area contributed by atoms with Gasteiger partial charge in [0, 0.05) is 19.1 Å². The molecule has 1 aromatic heterocycles. The first-order valence-electron chi connectivity index (χ1n) is 8.94. The predicted octanol–water partition coefficient (Wildman–Crippen LogP) is 2.17. The summed E-state index contributed by atoms with van der Waals surface area (Å²) in [5.41, 5.74) is 2.23. The van der Waals surface area contributed by atoms with Gasteiger partial charge in [0.2, 0.25) is 10.0 Å². The zero-order valence-electron chi connectivity index (χ0n) is 15.5. The Bertz CT molecular complexity index is 918. The molecule has 2 heterocycles. The SMILES string of the molecule is CC(C)c1ccc(CS(=O)(=O)N[C@@H]2CCN(c3ccc(C#N)nn3)C2)cc1. The number of rotatable bonds is 6. The van der Waals surface area contributed by atoms with Crippen molar-refractivity contribution < 1.29 is 8.42 Å². The van der Waals surface area contributed by atoms with Crippen LogP contribution in [0.4, 0.5) is 5.82 Å². The van der Waals surface area contributed by atoms with E-state index in [1.165, 1.54) is 5.56 Å². The summed E-state index contributed by atoms with van der Waals surface area (Å²) in [7, 11) is -3.42. The van der Waals surface area contributed by atoms with E-state index in [0.717, 1.165) is 5.56 Å². The van der Waals surface area contributed by atoms with Crippen LogP contribution < -0.4 is 9.62 Å². The summed E-state index contributed by atoms with van der Waals surface area (Å²) >= 11 is 0. The minimum atomic E-state index is -3.42. The predicted molar refractivity (Wildman–Crippen MR) is 104 cm³/mol. The molecule has 1 aliphatic heterocycles. The summed E-state index contributed by atoms with van der Waals surface area (Å²) in [5.74, 6) is 1.04. The van der Waals surface area contributed by atoms with Crippen LogP contribution in [-0.2, 0) is 15.8 Å². The highest BCUT2D eigenvalue weighted by Crippen LogP contribution is 2.19. The minimum Gasteiger partial charge on any atom is -0.353 e. The van der Waals surface area contributed by atoms with E-state index in [9.17, 15) is 8.42 Å². The topological polar surface area (TPSA) is 99.0 Å². The Morgan fingerprint density at radius 1 is 1.22 bits per heavy atom. The van der Waals surface area contributed by atoms with Crippen LogP contribution in [0.3, 0.4) is 0 Å². The van der Waals surface area contributed by atoms with Gasteiger partial charge in [-0.2, -0.15) is 5.26 Å². The van der Waals surface area contributed by atoms with Gasteiger partial charge in [0.1, 0.15) is 6.07 Å². The number of benzene rings is 1. The Morgan fingerprint density at radius 3 is 2.56 bits per heavy atom. The number of nitrogens with zero attached hydrogens (tertiary/aromatic N) is 4. The van der Waals surface area contributed by atoms with Gasteiger partial charge in [0.25, 0.3) is 0 Å². The van der Waals surface area contributed by atoms with Crippen LogP contribution in [0.25, 0.3) is 0 Å². The standard InChI is InChI=1S/C19H23N5O2S/c1-14(2)16-5-3-15(4-6-16)13-27(25,26)23-18-9-10-24(12-18)19-8-7-17(11-20)21-22-19/h3-8,14,18,23H,9-10,12-13H2,1-2H3/t18-/m1/s1. The molecule has 0 radical (unpaired) electrons. The summed E-state index contributed by atoms with van der Waals surface area (Å²) in [6.07, 6.45) is 0.702. The van der Waals surface area contributed by atoms with Crippen molar-refractivity contribution in [1.29, 1.82) is 5.26 Å². The van der Waals surface area contributed by atoms with E-state index in [2.05, 4.69) is 28.8 Å². The quantitative estimate of drug-likeness (QED) is 0.818. The van der Waals surface area contributed by atoms with Crippen LogP contribution >= 0.6 is 0 Å². The maximum absolute atomic E-state index is 12.5. The van der Waals surface area contributed by atoms with E-state index in [0.29, 0.717) is 31.2 Å². The third-order valence-electron chi connectivity index (χ3n) is 4.63. The molecule has 2 aromatic rings. The van der Waals surface area contributed by atoms with Crippen molar-refractivity contribution in [3.05, 3.63) is 53.2 Å². The fourth-order valence-electron chi connectivity index (χ4n) is 3.13. The van der Waals surface area contributed by atoms with Gasteiger partial charge in [0.05, 0.1) is 5.75 Å². The number of anilines is 1. The van der Waals surface area contributed by atoms with Crippen LogP contribution in [0.15, 0.2) is 36.4 Å². The molecule has 0 unspecified atom stereocenters. The van der Waals surface area contributed by atoms with E-state index in [1.54, 1.807) is 12.1 Å². The first kappa shape index (κ1) is 19.3. The molecular weight excluding hydrogens is 362 g/mol. The van der Waals surface area contributed by atoms with Crippen molar-refractivity contribution >= 4 is 15.8 Å². The molecule has 0 aliphatic carbocycles. The molecule has 0 bridgehead atoms. The lowest BCUT2D eigenvalue weighted by Gasteiger charge is -2.17. The molecule has 1 atom stereocenters. The van der Waals surface area contributed by atoms with Gasteiger partial charge in [-0.25, -0.2) is 13.1 Å². The number of hydrogen-bond donors (Lipinski definition) is 1. The molecule has 0 spiro atoms. The molecule has 0 saturated carbocycles. The summed E-state index contributed by atoms with van der Waals surface area (Å²) in [5, 5.41) is 16.6. The first-order valence-corrected chi connectivity index (χ1v) is 10.6. The van der Waals surface area contributed by atoms with Crippen molar-refractivity contribution in [2.45, 2.75) is 38.0 Å². The molecule has 27 heavy (non-hydrogen) atoms. The maximum atomic E-state index is 12.5. The Kier molecular flexibility index (Phi) is 5.73. The largest absolute Gasteiger partial charge is 0.353 e. The second kappa shape index (κ2) is 8.03. The Morgan fingerprint density at radius 2 is 1.96 bits per heavy atom. The Labute approximate surface area is 160 Å². The van der Waals surface area contributed by atoms with E-state index >= 15 is 0 Å². The molecule has 1 aromatic carbocycles. The van der Waals surface area contributed by atoms with Gasteiger partial charge < -0.3 is 4.90 Å². The van der Waals surface area contributed by atoms with Gasteiger partial charge in [-0.15, -0.1) is 10.2 Å². The van der Waals surface area contributed by atoms with Crippen molar-refractivity contribution in [3.63, 3.8) is 0 Å². The lowest BCUT2D eigenvalue weighted by atomic mass is 10.0. The molecule has 7 nitrogen and oxygen atoms in total. The van der Waals surface area contributed by atoms with E-state index < -0.39 is 10.0 Å². The van der Waals surface area contributed by atoms with Gasteiger partial charge in [0.15, 0.2) is 11.5 Å². The number of aromatic nitrogens is 2. The zero-order chi connectivity index (χ0) is 19.4. The molecular formula is C19H23N5O2S. The smallest absolute Gasteiger partial charge is 0.216 e. The van der Waals surface area contributed by atoms with Crippen LogP contribution in [0.1, 0.15) is 43.0 Å². The van der Waals surface area contributed by atoms with Gasteiger partial charge in [-0.05, 0) is 35.6 Å². The molecule has 3 rings (SSSR count). The average molecular weight is 385 g/mol. The molecule has 1 fully saturated rings. The zero-order valence-corrected chi connectivity index (χ0v) is 16.3. The van der Waals surface area contributed by atoms with Crippen molar-refractivity contribution in [2.75, 3.05) is 18.0 Å². The highest BCUT2D eigenvalue weighted by atomic mass is 32.2. The second-order valence-electron chi connectivity index (χ2n) is 7.09. The van der Waals surface area contributed by atoms with Gasteiger partial charge in [-0.1, -0.05) is 38.1 Å². The fraction of sp³-hybridized carbons (Fsp3) is 0.421. The van der Waals surface area contributed by atoms with Crippen LogP contribution in [-0.4, -0.2) is 37.7 Å². The number of hydrogen-bond acceptors (Lipinski definition) is 6. The molecule has 8 heteroatoms. The number of nitrogens with one attached hydrogen (secondary N) is 1. The monoisotopic (exact) mass is 385 g/mol. The highest BCUT2D eigenvalue weighted by molar-refractivity contribution is 7.88. The normalized spacial score (nSPS) is 17.3.